The minimum absolute atomic E-state index is 0.148. The molecule has 0 radical (unpaired) electrons. The molecule has 2 aromatic rings. The van der Waals surface area contributed by atoms with Gasteiger partial charge in [-0.25, -0.2) is 0 Å². The molecule has 0 bridgehead atoms. The molecule has 0 saturated carbocycles. The van der Waals surface area contributed by atoms with Crippen molar-refractivity contribution in [3.63, 3.8) is 0 Å². The SMILES string of the molecule is CC(=O)c1onc2ccc(Cl)cc12. The molecule has 0 fully saturated rings. The summed E-state index contributed by atoms with van der Waals surface area (Å²) in [7, 11) is 0. The lowest BCUT2D eigenvalue weighted by Gasteiger charge is -1.89. The molecular formula is C9H6ClNO2. The second kappa shape index (κ2) is 2.85. The number of hydrogen-bond acceptors (Lipinski definition) is 3. The summed E-state index contributed by atoms with van der Waals surface area (Å²) in [5.74, 6) is 0.113. The van der Waals surface area contributed by atoms with Crippen molar-refractivity contribution in [2.45, 2.75) is 6.92 Å². The number of carbonyl (C=O) groups is 1. The van der Waals surface area contributed by atoms with Gasteiger partial charge in [-0.2, -0.15) is 0 Å². The third kappa shape index (κ3) is 1.31. The largest absolute Gasteiger partial charge is 0.352 e. The smallest absolute Gasteiger partial charge is 0.210 e. The summed E-state index contributed by atoms with van der Waals surface area (Å²) < 4.78 is 4.87. The number of aromatic nitrogens is 1. The van der Waals surface area contributed by atoms with Gasteiger partial charge in [0.1, 0.15) is 5.52 Å². The van der Waals surface area contributed by atoms with Gasteiger partial charge < -0.3 is 4.52 Å². The highest BCUT2D eigenvalue weighted by atomic mass is 35.5. The highest BCUT2D eigenvalue weighted by Crippen LogP contribution is 2.22. The van der Waals surface area contributed by atoms with E-state index in [-0.39, 0.29) is 11.5 Å². The van der Waals surface area contributed by atoms with Crippen LogP contribution < -0.4 is 0 Å². The van der Waals surface area contributed by atoms with Crippen LogP contribution in [0.3, 0.4) is 0 Å². The van der Waals surface area contributed by atoms with Crippen LogP contribution in [-0.2, 0) is 0 Å². The molecule has 0 amide bonds. The van der Waals surface area contributed by atoms with E-state index in [9.17, 15) is 4.79 Å². The Hall–Kier alpha value is -1.35. The van der Waals surface area contributed by atoms with Crippen molar-refractivity contribution >= 4 is 28.3 Å². The van der Waals surface area contributed by atoms with Crippen LogP contribution in [-0.4, -0.2) is 10.9 Å². The van der Waals surface area contributed by atoms with E-state index in [1.165, 1.54) is 6.92 Å². The Morgan fingerprint density at radius 3 is 3.00 bits per heavy atom. The van der Waals surface area contributed by atoms with Gasteiger partial charge in [-0.05, 0) is 18.2 Å². The van der Waals surface area contributed by atoms with Gasteiger partial charge >= 0.3 is 0 Å². The first-order valence-electron chi connectivity index (χ1n) is 3.74. The molecule has 0 aliphatic rings. The predicted octanol–water partition coefficient (Wildman–Crippen LogP) is 2.68. The molecule has 0 saturated heterocycles. The van der Waals surface area contributed by atoms with E-state index in [2.05, 4.69) is 5.16 Å². The lowest BCUT2D eigenvalue weighted by molar-refractivity contribution is 0.0981. The maximum atomic E-state index is 11.1. The Kier molecular flexibility index (Phi) is 1.81. The van der Waals surface area contributed by atoms with Crippen LogP contribution in [0.15, 0.2) is 22.7 Å². The van der Waals surface area contributed by atoms with Crippen LogP contribution in [0.4, 0.5) is 0 Å². The monoisotopic (exact) mass is 195 g/mol. The Morgan fingerprint density at radius 1 is 1.54 bits per heavy atom. The number of rotatable bonds is 1. The second-order valence-corrected chi connectivity index (χ2v) is 3.17. The first-order chi connectivity index (χ1) is 6.18. The zero-order chi connectivity index (χ0) is 9.42. The van der Waals surface area contributed by atoms with Gasteiger partial charge in [-0.15, -0.1) is 0 Å². The average Bonchev–Trinajstić information content (AvgIpc) is 2.46. The summed E-state index contributed by atoms with van der Waals surface area (Å²) in [5, 5.41) is 4.96. The van der Waals surface area contributed by atoms with E-state index in [0.717, 1.165) is 0 Å². The molecule has 1 aromatic heterocycles. The number of hydrogen-bond donors (Lipinski definition) is 0. The van der Waals surface area contributed by atoms with Crippen LogP contribution >= 0.6 is 11.6 Å². The van der Waals surface area contributed by atoms with Gasteiger partial charge in [-0.3, -0.25) is 4.79 Å². The summed E-state index contributed by atoms with van der Waals surface area (Å²) in [6.07, 6.45) is 0. The molecule has 13 heavy (non-hydrogen) atoms. The third-order valence-electron chi connectivity index (χ3n) is 1.76. The normalized spacial score (nSPS) is 10.6. The predicted molar refractivity (Wildman–Crippen MR) is 49.0 cm³/mol. The van der Waals surface area contributed by atoms with Gasteiger partial charge in [0.25, 0.3) is 0 Å². The maximum Gasteiger partial charge on any atom is 0.210 e. The fourth-order valence-electron chi connectivity index (χ4n) is 1.17. The molecule has 4 heteroatoms. The van der Waals surface area contributed by atoms with Crippen LogP contribution in [0, 0.1) is 0 Å². The van der Waals surface area contributed by atoms with Crippen molar-refractivity contribution in [3.05, 3.63) is 29.0 Å². The second-order valence-electron chi connectivity index (χ2n) is 2.73. The third-order valence-corrected chi connectivity index (χ3v) is 1.99. The molecule has 1 aromatic carbocycles. The van der Waals surface area contributed by atoms with Crippen molar-refractivity contribution in [1.82, 2.24) is 5.16 Å². The van der Waals surface area contributed by atoms with Crippen LogP contribution in [0.5, 0.6) is 0 Å². The average molecular weight is 196 g/mol. The van der Waals surface area contributed by atoms with Crippen molar-refractivity contribution in [2.24, 2.45) is 0 Å². The first-order valence-corrected chi connectivity index (χ1v) is 4.12. The van der Waals surface area contributed by atoms with E-state index in [1.807, 2.05) is 0 Å². The van der Waals surface area contributed by atoms with Crippen LogP contribution in [0.25, 0.3) is 10.9 Å². The lowest BCUT2D eigenvalue weighted by Crippen LogP contribution is -1.88. The molecule has 0 N–H and O–H groups in total. The summed E-state index contributed by atoms with van der Waals surface area (Å²) in [6.45, 7) is 1.43. The summed E-state index contributed by atoms with van der Waals surface area (Å²) in [5.41, 5.74) is 0.648. The van der Waals surface area contributed by atoms with Gasteiger partial charge in [0.2, 0.25) is 5.76 Å². The van der Waals surface area contributed by atoms with Crippen LogP contribution in [0.1, 0.15) is 17.5 Å². The molecule has 0 aliphatic heterocycles. The highest BCUT2D eigenvalue weighted by Gasteiger charge is 2.12. The number of halogens is 1. The molecule has 1 heterocycles. The first kappa shape index (κ1) is 8.26. The van der Waals surface area contributed by atoms with Gasteiger partial charge in [0.15, 0.2) is 5.78 Å². The molecule has 2 rings (SSSR count). The van der Waals surface area contributed by atoms with Crippen molar-refractivity contribution in [3.8, 4) is 0 Å². The Morgan fingerprint density at radius 2 is 2.31 bits per heavy atom. The lowest BCUT2D eigenvalue weighted by atomic mass is 10.2. The number of Topliss-reactive ketones (excluding diaryl/α,β-unsaturated/α-hetero) is 1. The fourth-order valence-corrected chi connectivity index (χ4v) is 1.34. The van der Waals surface area contributed by atoms with E-state index in [0.29, 0.717) is 15.9 Å². The number of nitrogens with zero attached hydrogens (tertiary/aromatic N) is 1. The molecule has 0 atom stereocenters. The minimum atomic E-state index is -0.148. The molecule has 66 valence electrons. The van der Waals surface area contributed by atoms with Crippen molar-refractivity contribution in [1.29, 1.82) is 0 Å². The molecule has 0 aliphatic carbocycles. The van der Waals surface area contributed by atoms with Crippen molar-refractivity contribution in [2.75, 3.05) is 0 Å². The highest BCUT2D eigenvalue weighted by molar-refractivity contribution is 6.31. The Balaban J connectivity index is 2.79. The molecule has 0 spiro atoms. The number of fused-ring (bicyclic) bond motifs is 1. The Bertz CT molecular complexity index is 475. The molecule has 3 nitrogen and oxygen atoms in total. The standard InChI is InChI=1S/C9H6ClNO2/c1-5(12)9-7-4-6(10)2-3-8(7)11-13-9/h2-4H,1H3. The quantitative estimate of drug-likeness (QED) is 0.657. The van der Waals surface area contributed by atoms with Gasteiger partial charge in [0, 0.05) is 11.9 Å². The van der Waals surface area contributed by atoms with Gasteiger partial charge in [-0.1, -0.05) is 16.8 Å². The van der Waals surface area contributed by atoms with Crippen LogP contribution in [0.2, 0.25) is 5.02 Å². The zero-order valence-electron chi connectivity index (χ0n) is 6.87. The number of ketones is 1. The van der Waals surface area contributed by atoms with E-state index in [1.54, 1.807) is 18.2 Å². The van der Waals surface area contributed by atoms with Gasteiger partial charge in [0.05, 0.1) is 5.39 Å². The maximum absolute atomic E-state index is 11.1. The fraction of sp³-hybridized carbons (Fsp3) is 0.111. The Labute approximate surface area is 79.3 Å². The van der Waals surface area contributed by atoms with E-state index >= 15 is 0 Å². The summed E-state index contributed by atoms with van der Waals surface area (Å²) in [6, 6.07) is 5.09. The topological polar surface area (TPSA) is 43.1 Å². The minimum Gasteiger partial charge on any atom is -0.352 e. The van der Waals surface area contributed by atoms with E-state index < -0.39 is 0 Å². The number of carbonyl (C=O) groups excluding carboxylic acids is 1. The molecule has 0 unspecified atom stereocenters. The zero-order valence-corrected chi connectivity index (χ0v) is 7.63. The molecular weight excluding hydrogens is 190 g/mol. The summed E-state index contributed by atoms with van der Waals surface area (Å²) in [4.78, 5) is 11.1. The summed E-state index contributed by atoms with van der Waals surface area (Å²) >= 11 is 5.77. The van der Waals surface area contributed by atoms with Crippen molar-refractivity contribution < 1.29 is 9.32 Å². The number of benzene rings is 1. The van der Waals surface area contributed by atoms with E-state index in [4.69, 9.17) is 16.1 Å².